The van der Waals surface area contributed by atoms with Gasteiger partial charge in [0.1, 0.15) is 22.9 Å². The average Bonchev–Trinajstić information content (AvgIpc) is 3.05. The van der Waals surface area contributed by atoms with Gasteiger partial charge in [-0.1, -0.05) is 32.0 Å². The molecular weight excluding hydrogens is 455 g/mol. The lowest BCUT2D eigenvalue weighted by Crippen LogP contribution is -2.63. The van der Waals surface area contributed by atoms with Gasteiger partial charge in [-0.15, -0.1) is 0 Å². The standard InChI is InChI=1S/C29H39FN4O2/c1-19(2)22(6)31-27-29(34(28(35)32-27)25-11-8-10-24(30)16-25)13-14-33(21(5)17-29)18-23-9-7-12-26(15-23)36-20(3)4/h7-12,15-16,19-22H,13-14,17-18H2,1-6H3,(H,31,32,35)/t21-,22-,29+/m0/s1. The van der Waals surface area contributed by atoms with E-state index in [1.807, 2.05) is 26.0 Å². The molecule has 2 aromatic carbocycles. The van der Waals surface area contributed by atoms with Gasteiger partial charge in [-0.2, -0.15) is 4.99 Å². The molecule has 1 saturated heterocycles. The summed E-state index contributed by atoms with van der Waals surface area (Å²) in [5, 5.41) is 3.55. The van der Waals surface area contributed by atoms with Crippen LogP contribution in [0.4, 0.5) is 14.9 Å². The molecule has 6 nitrogen and oxygen atoms in total. The highest BCUT2D eigenvalue weighted by molar-refractivity contribution is 6.16. The smallest absolute Gasteiger partial charge is 0.350 e. The van der Waals surface area contributed by atoms with Gasteiger partial charge in [0, 0.05) is 30.9 Å². The lowest BCUT2D eigenvalue weighted by atomic mass is 9.80. The van der Waals surface area contributed by atoms with Gasteiger partial charge in [0.15, 0.2) is 0 Å². The number of carbonyl (C=O) groups excluding carboxylic acids is 1. The van der Waals surface area contributed by atoms with Crippen LogP contribution in [0.1, 0.15) is 59.9 Å². The Kier molecular flexibility index (Phi) is 7.69. The van der Waals surface area contributed by atoms with Crippen LogP contribution in [0.2, 0.25) is 0 Å². The summed E-state index contributed by atoms with van der Waals surface area (Å²) in [6.45, 7) is 14.2. The van der Waals surface area contributed by atoms with Crippen LogP contribution in [0.5, 0.6) is 5.75 Å². The number of aliphatic imine (C=N–C) groups is 1. The van der Waals surface area contributed by atoms with Gasteiger partial charge in [-0.25, -0.2) is 9.18 Å². The number of hydrogen-bond acceptors (Lipinski definition) is 4. The SMILES string of the molecule is CC(C)Oc1cccc(CN2CC[C@@]3(C[C@@H]2C)C(N[C@@H](C)C(C)C)=NC(=O)N3c2cccc(F)c2)c1. The number of hydrogen-bond donors (Lipinski definition) is 1. The molecule has 0 saturated carbocycles. The zero-order valence-electron chi connectivity index (χ0n) is 22.3. The third-order valence-electron chi connectivity index (χ3n) is 7.42. The van der Waals surface area contributed by atoms with Crippen LogP contribution in [0.15, 0.2) is 53.5 Å². The van der Waals surface area contributed by atoms with Crippen LogP contribution < -0.4 is 15.0 Å². The zero-order chi connectivity index (χ0) is 26.0. The summed E-state index contributed by atoms with van der Waals surface area (Å²) in [5.74, 6) is 1.60. The second-order valence-corrected chi connectivity index (χ2v) is 10.9. The summed E-state index contributed by atoms with van der Waals surface area (Å²) in [6.07, 6.45) is 1.54. The molecule has 0 aliphatic carbocycles. The number of ether oxygens (including phenoxy) is 1. The summed E-state index contributed by atoms with van der Waals surface area (Å²) < 4.78 is 20.1. The first-order chi connectivity index (χ1) is 17.1. The van der Waals surface area contributed by atoms with Crippen molar-refractivity contribution in [3.05, 3.63) is 59.9 Å². The number of urea groups is 1. The Labute approximate surface area is 214 Å². The minimum absolute atomic E-state index is 0.126. The third kappa shape index (κ3) is 5.41. The monoisotopic (exact) mass is 494 g/mol. The average molecular weight is 495 g/mol. The van der Waals surface area contributed by atoms with Gasteiger partial charge in [0.25, 0.3) is 0 Å². The summed E-state index contributed by atoms with van der Waals surface area (Å²) in [7, 11) is 0. The van der Waals surface area contributed by atoms with E-state index in [-0.39, 0.29) is 30.0 Å². The molecule has 2 amide bonds. The molecule has 2 aromatic rings. The van der Waals surface area contributed by atoms with Crippen LogP contribution in [-0.4, -0.2) is 47.0 Å². The normalized spacial score (nSPS) is 23.5. The molecule has 4 rings (SSSR count). The van der Waals surface area contributed by atoms with Crippen molar-refractivity contribution in [1.82, 2.24) is 10.2 Å². The maximum Gasteiger partial charge on any atom is 0.350 e. The Bertz CT molecular complexity index is 1120. The number of halogens is 1. The lowest BCUT2D eigenvalue weighted by molar-refractivity contribution is 0.122. The van der Waals surface area contributed by atoms with E-state index in [9.17, 15) is 9.18 Å². The lowest BCUT2D eigenvalue weighted by Gasteiger charge is -2.48. The first-order valence-corrected chi connectivity index (χ1v) is 13.0. The fourth-order valence-electron chi connectivity index (χ4n) is 5.21. The maximum absolute atomic E-state index is 14.2. The van der Waals surface area contributed by atoms with E-state index in [1.54, 1.807) is 17.0 Å². The van der Waals surface area contributed by atoms with Gasteiger partial charge in [-0.3, -0.25) is 9.80 Å². The Hall–Kier alpha value is -2.93. The highest BCUT2D eigenvalue weighted by atomic mass is 19.1. The van der Waals surface area contributed by atoms with E-state index in [0.29, 0.717) is 30.3 Å². The molecule has 36 heavy (non-hydrogen) atoms. The number of benzene rings is 2. The largest absolute Gasteiger partial charge is 0.491 e. The van der Waals surface area contributed by atoms with E-state index in [2.05, 4.69) is 55.0 Å². The van der Waals surface area contributed by atoms with E-state index in [4.69, 9.17) is 4.74 Å². The second kappa shape index (κ2) is 10.6. The number of amidine groups is 1. The Morgan fingerprint density at radius 3 is 2.56 bits per heavy atom. The summed E-state index contributed by atoms with van der Waals surface area (Å²) in [4.78, 5) is 21.9. The van der Waals surface area contributed by atoms with Gasteiger partial charge in [0.05, 0.1) is 6.10 Å². The van der Waals surface area contributed by atoms with Gasteiger partial charge < -0.3 is 10.1 Å². The van der Waals surface area contributed by atoms with Crippen molar-refractivity contribution in [3.63, 3.8) is 0 Å². The number of piperidine rings is 1. The third-order valence-corrected chi connectivity index (χ3v) is 7.42. The minimum Gasteiger partial charge on any atom is -0.491 e. The Morgan fingerprint density at radius 2 is 1.89 bits per heavy atom. The number of likely N-dealkylation sites (tertiary alicyclic amines) is 1. The number of rotatable bonds is 7. The Balaban J connectivity index is 1.60. The highest BCUT2D eigenvalue weighted by Crippen LogP contribution is 2.41. The van der Waals surface area contributed by atoms with Crippen molar-refractivity contribution < 1.29 is 13.9 Å². The quantitative estimate of drug-likeness (QED) is 0.512. The molecule has 1 spiro atoms. The molecule has 1 fully saturated rings. The molecule has 2 aliphatic heterocycles. The van der Waals surface area contributed by atoms with Crippen molar-refractivity contribution >= 4 is 17.6 Å². The number of anilines is 1. The van der Waals surface area contributed by atoms with E-state index in [0.717, 1.165) is 18.8 Å². The first kappa shape index (κ1) is 26.1. The second-order valence-electron chi connectivity index (χ2n) is 10.9. The number of nitrogens with zero attached hydrogens (tertiary/aromatic N) is 3. The minimum atomic E-state index is -0.632. The van der Waals surface area contributed by atoms with Gasteiger partial charge in [0.2, 0.25) is 0 Å². The topological polar surface area (TPSA) is 57.2 Å². The number of carbonyl (C=O) groups is 1. The van der Waals surface area contributed by atoms with E-state index < -0.39 is 5.54 Å². The molecule has 1 N–H and O–H groups in total. The predicted molar refractivity (Wildman–Crippen MR) is 143 cm³/mol. The number of amides is 2. The molecule has 3 atom stereocenters. The molecule has 2 aliphatic rings. The summed E-state index contributed by atoms with van der Waals surface area (Å²) in [5.41, 5.74) is 1.12. The predicted octanol–water partition coefficient (Wildman–Crippen LogP) is 6.01. The van der Waals surface area contributed by atoms with Crippen LogP contribution in [-0.2, 0) is 6.54 Å². The van der Waals surface area contributed by atoms with E-state index in [1.165, 1.54) is 17.7 Å². The van der Waals surface area contributed by atoms with Crippen LogP contribution in [0.3, 0.4) is 0 Å². The van der Waals surface area contributed by atoms with Crippen molar-refractivity contribution in [1.29, 1.82) is 0 Å². The van der Waals surface area contributed by atoms with Crippen LogP contribution >= 0.6 is 0 Å². The summed E-state index contributed by atoms with van der Waals surface area (Å²) >= 11 is 0. The molecule has 194 valence electrons. The van der Waals surface area contributed by atoms with Crippen LogP contribution in [0.25, 0.3) is 0 Å². The van der Waals surface area contributed by atoms with Gasteiger partial charge in [-0.05, 0) is 82.3 Å². The molecule has 2 heterocycles. The fourth-order valence-corrected chi connectivity index (χ4v) is 5.21. The molecule has 7 heteroatoms. The maximum atomic E-state index is 14.2. The Morgan fingerprint density at radius 1 is 1.14 bits per heavy atom. The molecular formula is C29H39FN4O2. The molecule has 0 bridgehead atoms. The summed E-state index contributed by atoms with van der Waals surface area (Å²) in [6, 6.07) is 14.5. The van der Waals surface area contributed by atoms with Crippen molar-refractivity contribution in [2.45, 2.75) is 84.7 Å². The molecule has 0 unspecified atom stereocenters. The first-order valence-electron chi connectivity index (χ1n) is 13.0. The van der Waals surface area contributed by atoms with Crippen molar-refractivity contribution in [2.75, 3.05) is 11.4 Å². The highest BCUT2D eigenvalue weighted by Gasteiger charge is 2.53. The van der Waals surface area contributed by atoms with Gasteiger partial charge >= 0.3 is 6.03 Å². The van der Waals surface area contributed by atoms with Crippen molar-refractivity contribution in [3.8, 4) is 5.75 Å². The zero-order valence-corrected chi connectivity index (χ0v) is 22.3. The van der Waals surface area contributed by atoms with Crippen LogP contribution in [0, 0.1) is 11.7 Å². The van der Waals surface area contributed by atoms with E-state index >= 15 is 0 Å². The van der Waals surface area contributed by atoms with Crippen molar-refractivity contribution in [2.24, 2.45) is 10.9 Å². The fraction of sp³-hybridized carbons (Fsp3) is 0.517. The molecule has 0 aromatic heterocycles. The number of nitrogens with one attached hydrogen (secondary N) is 1. The molecule has 0 radical (unpaired) electrons.